The maximum absolute atomic E-state index is 13.5. The topological polar surface area (TPSA) is 31.2 Å². The molecule has 0 bridgehead atoms. The van der Waals surface area contributed by atoms with Crippen molar-refractivity contribution >= 4 is 23.0 Å². The molecule has 0 N–H and O–H groups in total. The molecule has 0 amide bonds. The van der Waals surface area contributed by atoms with Gasteiger partial charge in [0.25, 0.3) is 0 Å². The third-order valence-corrected chi connectivity index (χ3v) is 6.95. The first-order valence-electron chi connectivity index (χ1n) is 12.4. The molecule has 2 aliphatic heterocycles. The fourth-order valence-electron chi connectivity index (χ4n) is 4.48. The Kier molecular flexibility index (Phi) is 6.85. The van der Waals surface area contributed by atoms with Gasteiger partial charge in [0.2, 0.25) is 0 Å². The van der Waals surface area contributed by atoms with Gasteiger partial charge in [-0.15, -0.1) is 0 Å². The summed E-state index contributed by atoms with van der Waals surface area (Å²) in [7, 11) is 0. The molecule has 0 radical (unpaired) electrons. The van der Waals surface area contributed by atoms with Crippen LogP contribution in [0.1, 0.15) is 52.7 Å². The molecule has 0 unspecified atom stereocenters. The number of amidine groups is 2. The van der Waals surface area contributed by atoms with Crippen molar-refractivity contribution in [2.24, 2.45) is 20.8 Å². The van der Waals surface area contributed by atoms with Crippen molar-refractivity contribution < 1.29 is 26.3 Å². The molecule has 38 heavy (non-hydrogen) atoms. The Hall–Kier alpha value is -3.04. The second-order valence-electron chi connectivity index (χ2n) is 12.0. The second kappa shape index (κ2) is 9.31. The fraction of sp³-hybridized carbons (Fsp3) is 0.500. The Labute approximate surface area is 219 Å². The predicted molar refractivity (Wildman–Crippen MR) is 139 cm³/mol. The molecule has 4 nitrogen and oxygen atoms in total. The van der Waals surface area contributed by atoms with Gasteiger partial charge in [0.1, 0.15) is 0 Å². The first-order valence-corrected chi connectivity index (χ1v) is 12.4. The van der Waals surface area contributed by atoms with E-state index in [-0.39, 0.29) is 22.9 Å². The maximum Gasteiger partial charge on any atom is 0.416 e. The van der Waals surface area contributed by atoms with Crippen LogP contribution in [0.2, 0.25) is 0 Å². The maximum atomic E-state index is 13.5. The number of rotatable bonds is 3. The normalized spacial score (nSPS) is 21.2. The summed E-state index contributed by atoms with van der Waals surface area (Å²) in [5, 5.41) is 0. The number of anilines is 2. The van der Waals surface area contributed by atoms with E-state index in [1.54, 1.807) is 21.9 Å². The average molecular weight is 539 g/mol. The third kappa shape index (κ3) is 5.68. The summed E-state index contributed by atoms with van der Waals surface area (Å²) in [4.78, 5) is 13.3. The molecule has 0 aromatic heterocycles. The molecular formula is C28H32F6N4. The van der Waals surface area contributed by atoms with Gasteiger partial charge in [0.05, 0.1) is 23.2 Å². The van der Waals surface area contributed by atoms with Gasteiger partial charge in [-0.1, -0.05) is 53.7 Å². The monoisotopic (exact) mass is 538 g/mol. The first kappa shape index (κ1) is 28.0. The summed E-state index contributed by atoms with van der Waals surface area (Å²) < 4.78 is 81.3. The van der Waals surface area contributed by atoms with Gasteiger partial charge in [-0.05, 0) is 47.2 Å². The Bertz CT molecular complexity index is 1150. The van der Waals surface area contributed by atoms with Gasteiger partial charge >= 0.3 is 12.4 Å². The molecule has 2 aromatic rings. The summed E-state index contributed by atoms with van der Waals surface area (Å²) in [6, 6.07) is 9.49. The highest BCUT2D eigenvalue weighted by Crippen LogP contribution is 2.38. The first-order chi connectivity index (χ1) is 17.4. The highest BCUT2D eigenvalue weighted by molar-refractivity contribution is 6.50. The van der Waals surface area contributed by atoms with E-state index in [0.29, 0.717) is 36.1 Å². The van der Waals surface area contributed by atoms with Crippen molar-refractivity contribution in [3.63, 3.8) is 0 Å². The van der Waals surface area contributed by atoms with Gasteiger partial charge in [-0.25, -0.2) is 0 Å². The SMILES string of the molecule is CC(C)(C)[C@H]1CN(c2cccc(C(F)(F)F)c2)C(C2=N[C@@H](C(C)(C)C)CN2c2cccc(C(F)(F)F)c2)=N1. The molecular weight excluding hydrogens is 506 g/mol. The lowest BCUT2D eigenvalue weighted by Gasteiger charge is -2.29. The molecule has 10 heteroatoms. The number of alkyl halides is 6. The quantitative estimate of drug-likeness (QED) is 0.375. The zero-order valence-electron chi connectivity index (χ0n) is 22.2. The lowest BCUT2D eigenvalue weighted by Crippen LogP contribution is -2.43. The molecule has 4 rings (SSSR count). The number of benzene rings is 2. The van der Waals surface area contributed by atoms with E-state index in [4.69, 9.17) is 9.98 Å². The van der Waals surface area contributed by atoms with Crippen LogP contribution >= 0.6 is 0 Å². The minimum atomic E-state index is -4.53. The molecule has 0 saturated carbocycles. The third-order valence-electron chi connectivity index (χ3n) is 6.95. The Morgan fingerprint density at radius 3 is 1.24 bits per heavy atom. The van der Waals surface area contributed by atoms with Crippen molar-refractivity contribution in [1.82, 2.24) is 0 Å². The lowest BCUT2D eigenvalue weighted by atomic mass is 9.87. The van der Waals surface area contributed by atoms with Crippen molar-refractivity contribution in [3.05, 3.63) is 59.7 Å². The van der Waals surface area contributed by atoms with E-state index in [2.05, 4.69) is 0 Å². The van der Waals surface area contributed by atoms with Gasteiger partial charge in [-0.2, -0.15) is 26.3 Å². The standard InChI is InChI=1S/C28H32F6N4/c1-25(2,3)21-15-37(19-11-7-9-17(13-19)27(29,30)31)23(35-21)24-36-22(26(4,5)6)16-38(24)20-12-8-10-18(14-20)28(32,33)34/h7-14,21-22H,15-16H2,1-6H3/t21-,22-/m1/s1. The summed E-state index contributed by atoms with van der Waals surface area (Å²) >= 11 is 0. The fourth-order valence-corrected chi connectivity index (χ4v) is 4.48. The van der Waals surface area contributed by atoms with Crippen LogP contribution in [0.15, 0.2) is 58.5 Å². The van der Waals surface area contributed by atoms with E-state index in [1.165, 1.54) is 12.1 Å². The van der Waals surface area contributed by atoms with E-state index < -0.39 is 23.5 Å². The van der Waals surface area contributed by atoms with Crippen molar-refractivity contribution in [3.8, 4) is 0 Å². The minimum absolute atomic E-state index is 0.271. The highest BCUT2D eigenvalue weighted by atomic mass is 19.4. The van der Waals surface area contributed by atoms with Crippen LogP contribution in [0.3, 0.4) is 0 Å². The minimum Gasteiger partial charge on any atom is -0.321 e. The van der Waals surface area contributed by atoms with Crippen LogP contribution in [-0.4, -0.2) is 36.8 Å². The second-order valence-corrected chi connectivity index (χ2v) is 12.0. The molecule has 2 aliphatic rings. The van der Waals surface area contributed by atoms with Crippen LogP contribution in [0, 0.1) is 10.8 Å². The van der Waals surface area contributed by atoms with Crippen molar-refractivity contribution in [2.75, 3.05) is 22.9 Å². The number of halogens is 6. The number of hydrogen-bond acceptors (Lipinski definition) is 4. The van der Waals surface area contributed by atoms with Crippen LogP contribution in [-0.2, 0) is 12.4 Å². The van der Waals surface area contributed by atoms with Crippen molar-refractivity contribution in [2.45, 2.75) is 66.0 Å². The van der Waals surface area contributed by atoms with Crippen LogP contribution < -0.4 is 9.80 Å². The van der Waals surface area contributed by atoms with E-state index in [1.807, 2.05) is 41.5 Å². The summed E-state index contributed by atoms with van der Waals surface area (Å²) in [5.41, 5.74) is -1.60. The number of nitrogens with zero attached hydrogens (tertiary/aromatic N) is 4. The Balaban J connectivity index is 1.85. The Morgan fingerprint density at radius 2 is 0.947 bits per heavy atom. The number of hydrogen-bond donors (Lipinski definition) is 0. The molecule has 0 aliphatic carbocycles. The smallest absolute Gasteiger partial charge is 0.321 e. The molecule has 2 aromatic carbocycles. The van der Waals surface area contributed by atoms with Crippen molar-refractivity contribution in [1.29, 1.82) is 0 Å². The van der Waals surface area contributed by atoms with E-state index in [0.717, 1.165) is 24.3 Å². The summed E-state index contributed by atoms with van der Waals surface area (Å²) in [5.74, 6) is 0.710. The lowest BCUT2D eigenvalue weighted by molar-refractivity contribution is -0.138. The molecule has 0 saturated heterocycles. The Morgan fingerprint density at radius 1 is 0.605 bits per heavy atom. The molecule has 0 fully saturated rings. The van der Waals surface area contributed by atoms with Gasteiger partial charge < -0.3 is 9.80 Å². The summed E-state index contributed by atoms with van der Waals surface area (Å²) in [6.07, 6.45) is -9.05. The van der Waals surface area contributed by atoms with Gasteiger partial charge in [0, 0.05) is 24.5 Å². The zero-order valence-corrected chi connectivity index (χ0v) is 22.2. The molecule has 2 atom stereocenters. The van der Waals surface area contributed by atoms with E-state index >= 15 is 0 Å². The predicted octanol–water partition coefficient (Wildman–Crippen LogP) is 7.69. The zero-order chi connectivity index (χ0) is 28.3. The molecule has 0 spiro atoms. The highest BCUT2D eigenvalue weighted by Gasteiger charge is 2.43. The number of aliphatic imine (C=N–C) groups is 2. The van der Waals surface area contributed by atoms with Gasteiger partial charge in [0.15, 0.2) is 11.7 Å². The van der Waals surface area contributed by atoms with Gasteiger partial charge in [-0.3, -0.25) is 9.98 Å². The molecule has 206 valence electrons. The average Bonchev–Trinajstić information content (AvgIpc) is 3.43. The molecule has 2 heterocycles. The van der Waals surface area contributed by atoms with Crippen LogP contribution in [0.25, 0.3) is 0 Å². The van der Waals surface area contributed by atoms with E-state index in [9.17, 15) is 26.3 Å². The van der Waals surface area contributed by atoms with Crippen LogP contribution in [0.5, 0.6) is 0 Å². The summed E-state index contributed by atoms with van der Waals surface area (Å²) in [6.45, 7) is 12.6. The largest absolute Gasteiger partial charge is 0.416 e. The van der Waals surface area contributed by atoms with Crippen LogP contribution in [0.4, 0.5) is 37.7 Å².